The van der Waals surface area contributed by atoms with Crippen LogP contribution in [-0.2, 0) is 16.4 Å². The number of aromatic amines is 1. The lowest BCUT2D eigenvalue weighted by Crippen LogP contribution is -2.33. The lowest BCUT2D eigenvalue weighted by molar-refractivity contribution is -0.137. The van der Waals surface area contributed by atoms with Gasteiger partial charge in [-0.2, -0.15) is 13.2 Å². The lowest BCUT2D eigenvalue weighted by atomic mass is 9.81. The summed E-state index contributed by atoms with van der Waals surface area (Å²) in [5.41, 5.74) is 1.03. The van der Waals surface area contributed by atoms with Gasteiger partial charge in [0.2, 0.25) is 5.91 Å². The van der Waals surface area contributed by atoms with Crippen molar-refractivity contribution in [2.24, 2.45) is 0 Å². The molecule has 6 nitrogen and oxygen atoms in total. The molecule has 1 aromatic heterocycles. The van der Waals surface area contributed by atoms with Crippen molar-refractivity contribution in [3.63, 3.8) is 0 Å². The van der Waals surface area contributed by atoms with Crippen molar-refractivity contribution in [3.8, 4) is 11.1 Å². The summed E-state index contributed by atoms with van der Waals surface area (Å²) in [6.07, 6.45) is -1.74. The van der Waals surface area contributed by atoms with E-state index >= 15 is 0 Å². The lowest BCUT2D eigenvalue weighted by Gasteiger charge is -2.21. The highest BCUT2D eigenvalue weighted by Crippen LogP contribution is 2.49. The summed E-state index contributed by atoms with van der Waals surface area (Å²) < 4.78 is 41.7. The Morgan fingerprint density at radius 3 is 2.43 bits per heavy atom. The molecule has 3 aromatic carbocycles. The third-order valence-electron chi connectivity index (χ3n) is 6.56. The highest BCUT2D eigenvalue weighted by atomic mass is 19.4. The van der Waals surface area contributed by atoms with Crippen LogP contribution >= 0.6 is 0 Å². The fourth-order valence-electron chi connectivity index (χ4n) is 4.71. The summed E-state index contributed by atoms with van der Waals surface area (Å²) in [5, 5.41) is 2.57. The zero-order valence-electron chi connectivity index (χ0n) is 20.3. The van der Waals surface area contributed by atoms with Crippen molar-refractivity contribution in [1.29, 1.82) is 0 Å². The molecule has 0 fully saturated rings. The van der Waals surface area contributed by atoms with Gasteiger partial charge < -0.3 is 10.3 Å². The predicted octanol–water partition coefficient (Wildman–Crippen LogP) is 6.61. The van der Waals surface area contributed by atoms with E-state index in [0.717, 1.165) is 11.6 Å². The summed E-state index contributed by atoms with van der Waals surface area (Å²) in [4.78, 5) is 35.0. The zero-order valence-corrected chi connectivity index (χ0v) is 20.3. The Bertz CT molecular complexity index is 1510. The van der Waals surface area contributed by atoms with Gasteiger partial charge in [0.05, 0.1) is 34.8 Å². The fourth-order valence-corrected chi connectivity index (χ4v) is 4.71. The molecule has 1 aliphatic heterocycles. The minimum Gasteiger partial charge on any atom is -0.331 e. The van der Waals surface area contributed by atoms with Crippen LogP contribution in [0.3, 0.4) is 0 Å². The molecule has 2 N–H and O–H groups in total. The van der Waals surface area contributed by atoms with Crippen LogP contribution < -0.4 is 10.2 Å². The third-order valence-corrected chi connectivity index (χ3v) is 6.56. The normalized spacial score (nSPS) is 14.5. The third kappa shape index (κ3) is 4.16. The number of aromatic nitrogens is 2. The maximum atomic E-state index is 13.9. The molecule has 37 heavy (non-hydrogen) atoms. The van der Waals surface area contributed by atoms with E-state index in [-0.39, 0.29) is 5.91 Å². The number of nitrogens with one attached hydrogen (secondary N) is 2. The molecule has 188 valence electrons. The predicted molar refractivity (Wildman–Crippen MR) is 135 cm³/mol. The topological polar surface area (TPSA) is 78.1 Å². The van der Waals surface area contributed by atoms with E-state index in [4.69, 9.17) is 0 Å². The Hall–Kier alpha value is -4.40. The Morgan fingerprint density at radius 2 is 1.78 bits per heavy atom. The van der Waals surface area contributed by atoms with E-state index in [1.54, 1.807) is 56.3 Å². The first kappa shape index (κ1) is 24.3. The van der Waals surface area contributed by atoms with Gasteiger partial charge in [-0.25, -0.2) is 4.98 Å². The van der Waals surface area contributed by atoms with Gasteiger partial charge >= 0.3 is 6.18 Å². The number of carbonyl (C=O) groups is 2. The van der Waals surface area contributed by atoms with Crippen molar-refractivity contribution in [2.75, 3.05) is 10.2 Å². The highest BCUT2D eigenvalue weighted by molar-refractivity contribution is 6.14. The number of halogens is 3. The summed E-state index contributed by atoms with van der Waals surface area (Å²) in [6, 6.07) is 15.5. The van der Waals surface area contributed by atoms with Crippen molar-refractivity contribution in [2.45, 2.75) is 32.4 Å². The molecule has 2 amide bonds. The van der Waals surface area contributed by atoms with Gasteiger partial charge in [-0.15, -0.1) is 0 Å². The van der Waals surface area contributed by atoms with Gasteiger partial charge in [0.1, 0.15) is 5.82 Å². The fraction of sp³-hybridized carbons (Fsp3) is 0.179. The summed E-state index contributed by atoms with van der Waals surface area (Å²) in [7, 11) is 0. The molecule has 0 radical (unpaired) electrons. The standard InChI is InChI=1S/C28H23F3N4O2/c1-16-7-10-18(11-8-16)34-25(36)20-13-17(9-12-21(20)28(29,30)31)19-5-4-6-22-24(19)27(2,3)26(37)35(22)23-14-32-15-33-23/h4-15H,1-3H3,(H,32,33)(H,34,36). The number of imidazole rings is 1. The smallest absolute Gasteiger partial charge is 0.331 e. The van der Waals surface area contributed by atoms with Crippen LogP contribution in [0.25, 0.3) is 11.1 Å². The molecule has 0 spiro atoms. The summed E-state index contributed by atoms with van der Waals surface area (Å²) in [6.45, 7) is 5.40. The van der Waals surface area contributed by atoms with E-state index in [1.165, 1.54) is 29.6 Å². The maximum absolute atomic E-state index is 13.9. The molecule has 5 rings (SSSR count). The molecule has 0 aliphatic carbocycles. The van der Waals surface area contributed by atoms with Crippen LogP contribution in [0, 0.1) is 6.92 Å². The number of fused-ring (bicyclic) bond motifs is 1. The average molecular weight is 505 g/mol. The van der Waals surface area contributed by atoms with Crippen molar-refractivity contribution in [1.82, 2.24) is 9.97 Å². The molecule has 0 bridgehead atoms. The van der Waals surface area contributed by atoms with E-state index in [1.807, 2.05) is 6.92 Å². The van der Waals surface area contributed by atoms with Crippen LogP contribution in [0.15, 0.2) is 73.2 Å². The second-order valence-electron chi connectivity index (χ2n) is 9.48. The molecule has 0 atom stereocenters. The number of alkyl halides is 3. The first-order valence-corrected chi connectivity index (χ1v) is 11.5. The summed E-state index contributed by atoms with van der Waals surface area (Å²) >= 11 is 0. The monoisotopic (exact) mass is 504 g/mol. The number of amides is 2. The molecule has 0 saturated carbocycles. The number of hydrogen-bond acceptors (Lipinski definition) is 3. The first-order valence-electron chi connectivity index (χ1n) is 11.5. The minimum atomic E-state index is -4.73. The van der Waals surface area contributed by atoms with Crippen LogP contribution in [0.5, 0.6) is 0 Å². The van der Waals surface area contributed by atoms with Gasteiger partial charge in [-0.1, -0.05) is 35.9 Å². The first-order chi connectivity index (χ1) is 17.5. The quantitative estimate of drug-likeness (QED) is 0.328. The number of H-pyrrole nitrogens is 1. The van der Waals surface area contributed by atoms with E-state index in [0.29, 0.717) is 33.9 Å². The molecule has 1 aliphatic rings. The molecule has 2 heterocycles. The van der Waals surface area contributed by atoms with E-state index < -0.39 is 28.6 Å². The second-order valence-corrected chi connectivity index (χ2v) is 9.48. The molecule has 4 aromatic rings. The van der Waals surface area contributed by atoms with Crippen LogP contribution in [0.2, 0.25) is 0 Å². The number of nitrogens with zero attached hydrogens (tertiary/aromatic N) is 2. The van der Waals surface area contributed by atoms with Crippen molar-refractivity contribution < 1.29 is 22.8 Å². The van der Waals surface area contributed by atoms with Crippen LogP contribution in [0.4, 0.5) is 30.4 Å². The van der Waals surface area contributed by atoms with E-state index in [2.05, 4.69) is 15.3 Å². The molecular weight excluding hydrogens is 481 g/mol. The largest absolute Gasteiger partial charge is 0.417 e. The van der Waals surface area contributed by atoms with E-state index in [9.17, 15) is 22.8 Å². The van der Waals surface area contributed by atoms with Gasteiger partial charge in [-0.05, 0) is 67.8 Å². The number of benzene rings is 3. The highest BCUT2D eigenvalue weighted by Gasteiger charge is 2.46. The van der Waals surface area contributed by atoms with Crippen LogP contribution in [-0.4, -0.2) is 21.8 Å². The molecule has 0 saturated heterocycles. The van der Waals surface area contributed by atoms with Crippen LogP contribution in [0.1, 0.15) is 40.9 Å². The van der Waals surface area contributed by atoms with Gasteiger partial charge in [0, 0.05) is 5.69 Å². The maximum Gasteiger partial charge on any atom is 0.417 e. The Balaban J connectivity index is 1.64. The van der Waals surface area contributed by atoms with Crippen molar-refractivity contribution in [3.05, 3.63) is 95.4 Å². The number of aryl methyl sites for hydroxylation is 1. The Kier molecular flexibility index (Phi) is 5.66. The average Bonchev–Trinajstić information content (AvgIpc) is 3.45. The number of hydrogen-bond donors (Lipinski definition) is 2. The molecular formula is C28H23F3N4O2. The number of anilines is 3. The molecule has 9 heteroatoms. The zero-order chi connectivity index (χ0) is 26.5. The second kappa shape index (κ2) is 8.62. The van der Waals surface area contributed by atoms with Crippen molar-refractivity contribution >= 4 is 29.0 Å². The summed E-state index contributed by atoms with van der Waals surface area (Å²) in [5.74, 6) is -0.594. The molecule has 0 unspecified atom stereocenters. The SMILES string of the molecule is Cc1ccc(NC(=O)c2cc(-c3cccc4c3C(C)(C)C(=O)N4c3cnc[nH]3)ccc2C(F)(F)F)cc1. The van der Waals surface area contributed by atoms with Gasteiger partial charge in [-0.3, -0.25) is 14.5 Å². The minimum absolute atomic E-state index is 0.205. The van der Waals surface area contributed by atoms with Gasteiger partial charge in [0.15, 0.2) is 0 Å². The number of rotatable bonds is 4. The Labute approximate surface area is 211 Å². The Morgan fingerprint density at radius 1 is 1.05 bits per heavy atom. The number of carbonyl (C=O) groups excluding carboxylic acids is 2. The van der Waals surface area contributed by atoms with Gasteiger partial charge in [0.25, 0.3) is 5.91 Å².